The number of hydrogen-bond donors (Lipinski definition) is 1. The molecule has 1 heterocycles. The van der Waals surface area contributed by atoms with Crippen molar-refractivity contribution < 1.29 is 23.1 Å². The minimum atomic E-state index is -0.885. The molecule has 3 rings (SSSR count). The van der Waals surface area contributed by atoms with Gasteiger partial charge in [0, 0.05) is 17.1 Å². The fourth-order valence-electron chi connectivity index (χ4n) is 3.14. The SMILES string of the molecule is COC(=O)C1Cc2ccccc2CN1CC(=O)Nc1c(F)cc(F)cc1Br. The predicted molar refractivity (Wildman–Crippen MR) is 99.0 cm³/mol. The van der Waals surface area contributed by atoms with E-state index in [9.17, 15) is 18.4 Å². The van der Waals surface area contributed by atoms with Crippen molar-refractivity contribution in [1.29, 1.82) is 0 Å². The minimum Gasteiger partial charge on any atom is -0.468 e. The summed E-state index contributed by atoms with van der Waals surface area (Å²) in [4.78, 5) is 26.3. The van der Waals surface area contributed by atoms with E-state index in [0.717, 1.165) is 17.2 Å². The van der Waals surface area contributed by atoms with Crippen LogP contribution in [-0.4, -0.2) is 36.5 Å². The van der Waals surface area contributed by atoms with E-state index in [1.807, 2.05) is 24.3 Å². The van der Waals surface area contributed by atoms with Crippen molar-refractivity contribution in [1.82, 2.24) is 4.90 Å². The molecule has 0 radical (unpaired) electrons. The van der Waals surface area contributed by atoms with Gasteiger partial charge in [0.2, 0.25) is 5.91 Å². The fraction of sp³-hybridized carbons (Fsp3) is 0.263. The molecule has 5 nitrogen and oxygen atoms in total. The first-order valence-electron chi connectivity index (χ1n) is 8.22. The van der Waals surface area contributed by atoms with E-state index < -0.39 is 29.6 Å². The number of carbonyl (C=O) groups excluding carboxylic acids is 2. The Morgan fingerprint density at radius 2 is 1.96 bits per heavy atom. The first kappa shape index (κ1) is 19.4. The Balaban J connectivity index is 1.78. The molecule has 0 aromatic heterocycles. The number of nitrogens with zero attached hydrogens (tertiary/aromatic N) is 1. The molecule has 0 bridgehead atoms. The number of halogens is 3. The van der Waals surface area contributed by atoms with Gasteiger partial charge in [-0.2, -0.15) is 0 Å². The normalized spacial score (nSPS) is 16.5. The predicted octanol–water partition coefficient (Wildman–Crippen LogP) is 3.27. The Hall–Kier alpha value is -2.32. The standard InChI is InChI=1S/C19H17BrF2N2O3/c1-27-19(26)16-6-11-4-2-3-5-12(11)9-24(16)10-17(25)23-18-14(20)7-13(21)8-15(18)22/h2-5,7-8,16H,6,9-10H2,1H3,(H,23,25). The van der Waals surface area contributed by atoms with Gasteiger partial charge in [0.15, 0.2) is 5.82 Å². The quantitative estimate of drug-likeness (QED) is 0.744. The third kappa shape index (κ3) is 4.33. The van der Waals surface area contributed by atoms with Gasteiger partial charge in [0.1, 0.15) is 11.9 Å². The summed E-state index contributed by atoms with van der Waals surface area (Å²) in [5.74, 6) is -2.60. The molecule has 2 aromatic rings. The molecule has 1 unspecified atom stereocenters. The van der Waals surface area contributed by atoms with Crippen LogP contribution < -0.4 is 5.32 Å². The summed E-state index contributed by atoms with van der Waals surface area (Å²) in [6.45, 7) is 0.244. The molecule has 1 amide bonds. The van der Waals surface area contributed by atoms with Crippen molar-refractivity contribution in [3.8, 4) is 0 Å². The van der Waals surface area contributed by atoms with Gasteiger partial charge in [0.25, 0.3) is 0 Å². The van der Waals surface area contributed by atoms with Gasteiger partial charge >= 0.3 is 5.97 Å². The van der Waals surface area contributed by atoms with E-state index in [1.54, 1.807) is 4.90 Å². The molecule has 1 aliphatic heterocycles. The number of nitrogens with one attached hydrogen (secondary N) is 1. The summed E-state index contributed by atoms with van der Waals surface area (Å²) in [5, 5.41) is 2.43. The summed E-state index contributed by atoms with van der Waals surface area (Å²) < 4.78 is 32.1. The number of amides is 1. The Morgan fingerprint density at radius 3 is 2.63 bits per heavy atom. The van der Waals surface area contributed by atoms with Crippen LogP contribution in [0.5, 0.6) is 0 Å². The van der Waals surface area contributed by atoms with Crippen LogP contribution in [0.3, 0.4) is 0 Å². The van der Waals surface area contributed by atoms with Crippen molar-refractivity contribution in [2.75, 3.05) is 19.0 Å². The second kappa shape index (κ2) is 8.14. The first-order valence-corrected chi connectivity index (χ1v) is 9.01. The molecule has 1 N–H and O–H groups in total. The lowest BCUT2D eigenvalue weighted by atomic mass is 9.94. The van der Waals surface area contributed by atoms with Gasteiger partial charge in [-0.1, -0.05) is 24.3 Å². The molecule has 1 atom stereocenters. The van der Waals surface area contributed by atoms with Crippen LogP contribution in [0.15, 0.2) is 40.9 Å². The molecule has 2 aromatic carbocycles. The highest BCUT2D eigenvalue weighted by Crippen LogP contribution is 2.28. The van der Waals surface area contributed by atoms with Crippen LogP contribution >= 0.6 is 15.9 Å². The molecule has 0 saturated carbocycles. The average molecular weight is 439 g/mol. The first-order chi connectivity index (χ1) is 12.9. The highest BCUT2D eigenvalue weighted by Gasteiger charge is 2.33. The zero-order valence-corrected chi connectivity index (χ0v) is 16.1. The maximum Gasteiger partial charge on any atom is 0.323 e. The highest BCUT2D eigenvalue weighted by molar-refractivity contribution is 9.10. The Bertz CT molecular complexity index is 868. The molecule has 27 heavy (non-hydrogen) atoms. The van der Waals surface area contributed by atoms with E-state index in [1.165, 1.54) is 7.11 Å². The van der Waals surface area contributed by atoms with Crippen molar-refractivity contribution in [2.24, 2.45) is 0 Å². The fourth-order valence-corrected chi connectivity index (χ4v) is 3.64. The molecule has 0 saturated heterocycles. The van der Waals surface area contributed by atoms with Gasteiger partial charge in [-0.15, -0.1) is 0 Å². The molecule has 0 aliphatic carbocycles. The van der Waals surface area contributed by atoms with Crippen molar-refractivity contribution in [3.63, 3.8) is 0 Å². The molecule has 142 valence electrons. The lowest BCUT2D eigenvalue weighted by Crippen LogP contribution is -2.49. The molecule has 0 fully saturated rings. The molecule has 1 aliphatic rings. The van der Waals surface area contributed by atoms with Gasteiger partial charge in [0.05, 0.1) is 19.3 Å². The van der Waals surface area contributed by atoms with Gasteiger partial charge < -0.3 is 10.1 Å². The van der Waals surface area contributed by atoms with Crippen LogP contribution in [0, 0.1) is 11.6 Å². The lowest BCUT2D eigenvalue weighted by molar-refractivity contribution is -0.148. The number of benzene rings is 2. The Morgan fingerprint density at radius 1 is 1.26 bits per heavy atom. The third-order valence-corrected chi connectivity index (χ3v) is 5.06. The van der Waals surface area contributed by atoms with Crippen LogP contribution in [-0.2, 0) is 27.3 Å². The van der Waals surface area contributed by atoms with Crippen LogP contribution in [0.1, 0.15) is 11.1 Å². The highest BCUT2D eigenvalue weighted by atomic mass is 79.9. The maximum atomic E-state index is 13.9. The molecule has 0 spiro atoms. The molecule has 8 heteroatoms. The summed E-state index contributed by atoms with van der Waals surface area (Å²) in [6, 6.07) is 8.79. The average Bonchev–Trinajstić information content (AvgIpc) is 2.63. The lowest BCUT2D eigenvalue weighted by Gasteiger charge is -2.34. The van der Waals surface area contributed by atoms with E-state index in [2.05, 4.69) is 21.2 Å². The number of fused-ring (bicyclic) bond motifs is 1. The van der Waals surface area contributed by atoms with Crippen molar-refractivity contribution in [2.45, 2.75) is 19.0 Å². The maximum absolute atomic E-state index is 13.9. The Kier molecular flexibility index (Phi) is 5.86. The van der Waals surface area contributed by atoms with E-state index in [4.69, 9.17) is 4.74 Å². The zero-order valence-electron chi connectivity index (χ0n) is 14.5. The molecular formula is C19H17BrF2N2O3. The summed E-state index contributed by atoms with van der Waals surface area (Å²) in [5.41, 5.74) is 1.89. The van der Waals surface area contributed by atoms with E-state index in [0.29, 0.717) is 19.0 Å². The second-order valence-corrected chi connectivity index (χ2v) is 7.06. The van der Waals surface area contributed by atoms with Gasteiger partial charge in [-0.05, 0) is 39.5 Å². The number of carbonyl (C=O) groups is 2. The van der Waals surface area contributed by atoms with E-state index in [-0.39, 0.29) is 16.7 Å². The van der Waals surface area contributed by atoms with Crippen LogP contribution in [0.4, 0.5) is 14.5 Å². The Labute approximate surface area is 163 Å². The number of methoxy groups -OCH3 is 1. The summed E-state index contributed by atoms with van der Waals surface area (Å²) in [7, 11) is 1.30. The van der Waals surface area contributed by atoms with Crippen molar-refractivity contribution >= 4 is 33.5 Å². The summed E-state index contributed by atoms with van der Waals surface area (Å²) >= 11 is 3.04. The summed E-state index contributed by atoms with van der Waals surface area (Å²) in [6.07, 6.45) is 0.421. The topological polar surface area (TPSA) is 58.6 Å². The van der Waals surface area contributed by atoms with Crippen LogP contribution in [0.2, 0.25) is 0 Å². The molecular weight excluding hydrogens is 422 g/mol. The van der Waals surface area contributed by atoms with Gasteiger partial charge in [-0.25, -0.2) is 8.78 Å². The second-order valence-electron chi connectivity index (χ2n) is 6.21. The minimum absolute atomic E-state index is 0.0989. The smallest absolute Gasteiger partial charge is 0.323 e. The number of esters is 1. The number of rotatable bonds is 4. The number of anilines is 1. The largest absolute Gasteiger partial charge is 0.468 e. The van der Waals surface area contributed by atoms with Gasteiger partial charge in [-0.3, -0.25) is 14.5 Å². The number of hydrogen-bond acceptors (Lipinski definition) is 4. The number of ether oxygens (including phenoxy) is 1. The van der Waals surface area contributed by atoms with Crippen LogP contribution in [0.25, 0.3) is 0 Å². The monoisotopic (exact) mass is 438 g/mol. The van der Waals surface area contributed by atoms with Crippen molar-refractivity contribution in [3.05, 3.63) is 63.6 Å². The van der Waals surface area contributed by atoms with E-state index >= 15 is 0 Å². The zero-order chi connectivity index (χ0) is 19.6. The third-order valence-electron chi connectivity index (χ3n) is 4.44.